The van der Waals surface area contributed by atoms with Crippen LogP contribution in [0.1, 0.15) is 38.2 Å². The minimum atomic E-state index is -3.58. The van der Waals surface area contributed by atoms with E-state index in [1.807, 2.05) is 42.5 Å². The molecule has 3 nitrogen and oxygen atoms in total. The summed E-state index contributed by atoms with van der Waals surface area (Å²) in [6.07, 6.45) is 8.16. The summed E-state index contributed by atoms with van der Waals surface area (Å²) >= 11 is 5.95. The van der Waals surface area contributed by atoms with Crippen molar-refractivity contribution >= 4 is 27.7 Å². The van der Waals surface area contributed by atoms with Crippen molar-refractivity contribution < 1.29 is 8.42 Å². The maximum Gasteiger partial charge on any atom is 0.243 e. The average Bonchev–Trinajstić information content (AvgIpc) is 2.67. The van der Waals surface area contributed by atoms with Crippen LogP contribution in [0.5, 0.6) is 0 Å². The van der Waals surface area contributed by atoms with Crippen molar-refractivity contribution in [3.63, 3.8) is 0 Å². The van der Waals surface area contributed by atoms with Gasteiger partial charge in [0.1, 0.15) is 0 Å². The van der Waals surface area contributed by atoms with Crippen LogP contribution in [0.3, 0.4) is 0 Å². The second-order valence-corrected chi connectivity index (χ2v) is 9.50. The van der Waals surface area contributed by atoms with Gasteiger partial charge in [-0.05, 0) is 48.6 Å². The van der Waals surface area contributed by atoms with Crippen LogP contribution in [0.15, 0.2) is 65.6 Å². The van der Waals surface area contributed by atoms with Crippen LogP contribution in [0.2, 0.25) is 5.02 Å². The fraction of sp³-hybridized carbons (Fsp3) is 0.364. The van der Waals surface area contributed by atoms with Crippen LogP contribution in [0, 0.1) is 5.92 Å². The maximum atomic E-state index is 13.4. The number of hydrogen-bond donors (Lipinski definition) is 0. The van der Waals surface area contributed by atoms with Crippen LogP contribution in [-0.4, -0.2) is 25.3 Å². The Kier molecular flexibility index (Phi) is 6.74. The summed E-state index contributed by atoms with van der Waals surface area (Å²) in [4.78, 5) is 0.304. The van der Waals surface area contributed by atoms with Crippen LogP contribution < -0.4 is 0 Å². The van der Waals surface area contributed by atoms with E-state index in [0.29, 0.717) is 22.4 Å². The van der Waals surface area contributed by atoms with Crippen LogP contribution in [0.25, 0.3) is 6.08 Å². The van der Waals surface area contributed by atoms with Gasteiger partial charge in [0.25, 0.3) is 0 Å². The summed E-state index contributed by atoms with van der Waals surface area (Å²) in [5, 5.41) is 0.538. The molecule has 0 radical (unpaired) electrons. The Labute approximate surface area is 167 Å². The summed E-state index contributed by atoms with van der Waals surface area (Å²) in [7, 11) is -3.58. The predicted octanol–water partition coefficient (Wildman–Crippen LogP) is 5.62. The van der Waals surface area contributed by atoms with Crippen molar-refractivity contribution in [2.45, 2.75) is 43.5 Å². The van der Waals surface area contributed by atoms with Gasteiger partial charge in [-0.1, -0.05) is 73.9 Å². The van der Waals surface area contributed by atoms with Gasteiger partial charge in [-0.3, -0.25) is 0 Å². The first-order chi connectivity index (χ1) is 13.0. The zero-order chi connectivity index (χ0) is 19.3. The molecule has 0 heterocycles. The molecule has 0 aliphatic heterocycles. The fourth-order valence-corrected chi connectivity index (χ4v) is 5.56. The molecule has 1 aliphatic rings. The first-order valence-corrected chi connectivity index (χ1v) is 11.3. The molecule has 0 spiro atoms. The molecule has 0 amide bonds. The number of rotatable bonds is 6. The molecule has 27 heavy (non-hydrogen) atoms. The average molecular weight is 404 g/mol. The SMILES string of the molecule is CC1CCCCC1N(C/C=C/c1ccccc1)S(=O)(=O)c1ccc(Cl)cc1. The largest absolute Gasteiger partial charge is 0.243 e. The number of sulfonamides is 1. The molecule has 1 fully saturated rings. The number of nitrogens with zero attached hydrogens (tertiary/aromatic N) is 1. The summed E-state index contributed by atoms with van der Waals surface area (Å²) in [6, 6.07) is 16.4. The molecule has 1 aliphatic carbocycles. The van der Waals surface area contributed by atoms with Crippen molar-refractivity contribution in [3.8, 4) is 0 Å². The van der Waals surface area contributed by atoms with Gasteiger partial charge in [-0.2, -0.15) is 4.31 Å². The van der Waals surface area contributed by atoms with Crippen LogP contribution >= 0.6 is 11.6 Å². The first kappa shape index (κ1) is 20.1. The number of hydrogen-bond acceptors (Lipinski definition) is 2. The topological polar surface area (TPSA) is 37.4 Å². The Morgan fingerprint density at radius 3 is 2.37 bits per heavy atom. The minimum Gasteiger partial charge on any atom is -0.207 e. The summed E-state index contributed by atoms with van der Waals surface area (Å²) in [5.41, 5.74) is 1.07. The third-order valence-corrected chi connectivity index (χ3v) is 7.41. The Morgan fingerprint density at radius 1 is 1.04 bits per heavy atom. The molecule has 0 saturated heterocycles. The zero-order valence-electron chi connectivity index (χ0n) is 15.6. The molecule has 2 aromatic rings. The Balaban J connectivity index is 1.89. The number of benzene rings is 2. The van der Waals surface area contributed by atoms with Gasteiger partial charge in [-0.15, -0.1) is 0 Å². The molecular weight excluding hydrogens is 378 g/mol. The Bertz CT molecular complexity index is 863. The van der Waals surface area contributed by atoms with Crippen molar-refractivity contribution in [2.75, 3.05) is 6.54 Å². The molecule has 0 bridgehead atoms. The lowest BCUT2D eigenvalue weighted by atomic mass is 9.86. The van der Waals surface area contributed by atoms with Gasteiger partial charge in [0.05, 0.1) is 4.90 Å². The van der Waals surface area contributed by atoms with Crippen molar-refractivity contribution in [2.24, 2.45) is 5.92 Å². The monoisotopic (exact) mass is 403 g/mol. The van der Waals surface area contributed by atoms with E-state index in [1.165, 1.54) is 6.42 Å². The lowest BCUT2D eigenvalue weighted by Gasteiger charge is -2.37. The van der Waals surface area contributed by atoms with E-state index in [-0.39, 0.29) is 6.04 Å². The predicted molar refractivity (Wildman–Crippen MR) is 112 cm³/mol. The molecule has 0 aromatic heterocycles. The van der Waals surface area contributed by atoms with Gasteiger partial charge in [0, 0.05) is 17.6 Å². The Hall–Kier alpha value is -1.62. The summed E-state index contributed by atoms with van der Waals surface area (Å²) < 4.78 is 28.4. The molecule has 0 N–H and O–H groups in total. The molecule has 1 saturated carbocycles. The molecule has 3 rings (SSSR count). The van der Waals surface area contributed by atoms with Gasteiger partial charge in [-0.25, -0.2) is 8.42 Å². The lowest BCUT2D eigenvalue weighted by Crippen LogP contribution is -2.45. The van der Waals surface area contributed by atoms with Gasteiger partial charge in [0.2, 0.25) is 10.0 Å². The molecule has 2 unspecified atom stereocenters. The highest BCUT2D eigenvalue weighted by molar-refractivity contribution is 7.89. The highest BCUT2D eigenvalue weighted by Crippen LogP contribution is 2.32. The zero-order valence-corrected chi connectivity index (χ0v) is 17.2. The van der Waals surface area contributed by atoms with Gasteiger partial charge in [0.15, 0.2) is 0 Å². The van der Waals surface area contributed by atoms with E-state index in [1.54, 1.807) is 28.6 Å². The van der Waals surface area contributed by atoms with Crippen molar-refractivity contribution in [1.29, 1.82) is 0 Å². The molecular formula is C22H26ClNO2S. The number of halogens is 1. The van der Waals surface area contributed by atoms with E-state index in [0.717, 1.165) is 24.8 Å². The molecule has 144 valence electrons. The highest BCUT2D eigenvalue weighted by Gasteiger charge is 2.35. The first-order valence-electron chi connectivity index (χ1n) is 9.47. The van der Waals surface area contributed by atoms with E-state index >= 15 is 0 Å². The van der Waals surface area contributed by atoms with E-state index in [2.05, 4.69) is 6.92 Å². The van der Waals surface area contributed by atoms with Crippen LogP contribution in [-0.2, 0) is 10.0 Å². The summed E-state index contributed by atoms with van der Waals surface area (Å²) in [6.45, 7) is 2.53. The van der Waals surface area contributed by atoms with Gasteiger partial charge < -0.3 is 0 Å². The molecule has 2 aromatic carbocycles. The van der Waals surface area contributed by atoms with E-state index in [4.69, 9.17) is 11.6 Å². The second-order valence-electron chi connectivity index (χ2n) is 7.17. The highest BCUT2D eigenvalue weighted by atomic mass is 35.5. The van der Waals surface area contributed by atoms with E-state index < -0.39 is 10.0 Å². The van der Waals surface area contributed by atoms with Crippen molar-refractivity contribution in [3.05, 3.63) is 71.3 Å². The van der Waals surface area contributed by atoms with E-state index in [9.17, 15) is 8.42 Å². The second kappa shape index (κ2) is 9.05. The quantitative estimate of drug-likeness (QED) is 0.627. The Morgan fingerprint density at radius 2 is 1.70 bits per heavy atom. The van der Waals surface area contributed by atoms with Gasteiger partial charge >= 0.3 is 0 Å². The smallest absolute Gasteiger partial charge is 0.207 e. The fourth-order valence-electron chi connectivity index (χ4n) is 3.74. The van der Waals surface area contributed by atoms with Crippen molar-refractivity contribution in [1.82, 2.24) is 4.31 Å². The maximum absolute atomic E-state index is 13.4. The van der Waals surface area contributed by atoms with Crippen LogP contribution in [0.4, 0.5) is 0 Å². The summed E-state index contributed by atoms with van der Waals surface area (Å²) in [5.74, 6) is 0.353. The molecule has 5 heteroatoms. The lowest BCUT2D eigenvalue weighted by molar-refractivity contribution is 0.201. The normalized spacial score (nSPS) is 21.0. The third-order valence-electron chi connectivity index (χ3n) is 5.25. The minimum absolute atomic E-state index is 0.0276. The molecule has 2 atom stereocenters. The third kappa shape index (κ3) is 5.01. The standard InChI is InChI=1S/C22H26ClNO2S/c1-18-8-5-6-12-22(18)24(17-7-11-19-9-3-2-4-10-19)27(25,26)21-15-13-20(23)14-16-21/h2-4,7,9-11,13-16,18,22H,5-6,8,12,17H2,1H3/b11-7+.